The summed E-state index contributed by atoms with van der Waals surface area (Å²) in [7, 11) is 0. The van der Waals surface area contributed by atoms with Crippen molar-refractivity contribution in [3.05, 3.63) is 35.4 Å². The van der Waals surface area contributed by atoms with Crippen LogP contribution in [0.25, 0.3) is 0 Å². The monoisotopic (exact) mass is 942 g/mol. The largest absolute Gasteiger partial charge is 0.463 e. The summed E-state index contributed by atoms with van der Waals surface area (Å²) in [4.78, 5) is 37.8. The molecule has 1 aliphatic rings. The van der Waals surface area contributed by atoms with Crippen molar-refractivity contribution >= 4 is 17.8 Å². The van der Waals surface area contributed by atoms with E-state index in [-0.39, 0.29) is 37.5 Å². The molecule has 1 heterocycles. The van der Waals surface area contributed by atoms with E-state index < -0.39 is 0 Å². The lowest BCUT2D eigenvalue weighted by molar-refractivity contribution is -0.145. The van der Waals surface area contributed by atoms with Crippen LogP contribution in [0.2, 0.25) is 0 Å². The quantitative estimate of drug-likeness (QED) is 0.0364. The summed E-state index contributed by atoms with van der Waals surface area (Å²) in [6.07, 6.45) is 20.1. The first-order chi connectivity index (χ1) is 32.6. The van der Waals surface area contributed by atoms with E-state index in [1.165, 1.54) is 88.4 Å². The number of carbonyl (C=O) groups excluding carboxylic acids is 3. The first-order valence-electron chi connectivity index (χ1n) is 25.1. The van der Waals surface area contributed by atoms with E-state index in [9.17, 15) is 14.4 Å². The lowest BCUT2D eigenvalue weighted by Crippen LogP contribution is -2.33. The van der Waals surface area contributed by atoms with Crippen molar-refractivity contribution in [1.29, 1.82) is 0 Å². The molecule has 0 bridgehead atoms. The number of benzene rings is 1. The first-order valence-corrected chi connectivity index (χ1v) is 25.1. The van der Waals surface area contributed by atoms with Gasteiger partial charge in [-0.1, -0.05) is 109 Å². The summed E-state index contributed by atoms with van der Waals surface area (Å²) in [6, 6.07) is 6.82. The second-order valence-electron chi connectivity index (χ2n) is 16.0. The van der Waals surface area contributed by atoms with Crippen molar-refractivity contribution in [1.82, 2.24) is 4.90 Å². The molecule has 1 aromatic rings. The lowest BCUT2D eigenvalue weighted by Gasteiger charge is -2.13. The van der Waals surface area contributed by atoms with Crippen LogP contribution in [-0.4, -0.2) is 181 Å². The molecule has 382 valence electrons. The third kappa shape index (κ3) is 34.6. The average molecular weight is 942 g/mol. The van der Waals surface area contributed by atoms with Crippen LogP contribution in [0.5, 0.6) is 0 Å². The Hall–Kier alpha value is -2.61. The van der Waals surface area contributed by atoms with Crippen LogP contribution in [-0.2, 0) is 61.6 Å². The van der Waals surface area contributed by atoms with Crippen LogP contribution >= 0.6 is 0 Å². The zero-order valence-electron chi connectivity index (χ0n) is 40.7. The fourth-order valence-corrected chi connectivity index (χ4v) is 6.83. The number of nitrogens with zero attached hydrogens (tertiary/aromatic N) is 1. The van der Waals surface area contributed by atoms with Crippen molar-refractivity contribution in [3.8, 4) is 0 Å². The molecular formula is C50H87NO15. The van der Waals surface area contributed by atoms with E-state index in [0.717, 1.165) is 12.8 Å². The van der Waals surface area contributed by atoms with Crippen molar-refractivity contribution in [2.24, 2.45) is 0 Å². The highest BCUT2D eigenvalue weighted by atomic mass is 16.6. The normalized spacial score (nSPS) is 12.5. The molecule has 0 spiro atoms. The molecular weight excluding hydrogens is 855 g/mol. The molecule has 0 unspecified atom stereocenters. The third-order valence-corrected chi connectivity index (χ3v) is 10.5. The minimum absolute atomic E-state index is 0.137. The van der Waals surface area contributed by atoms with Gasteiger partial charge in [0.2, 0.25) is 0 Å². The van der Waals surface area contributed by atoms with Crippen LogP contribution in [0.1, 0.15) is 130 Å². The predicted octanol–water partition coefficient (Wildman–Crippen LogP) is 7.27. The summed E-state index contributed by atoms with van der Waals surface area (Å²) in [6.45, 7) is 12.6. The van der Waals surface area contributed by atoms with E-state index >= 15 is 0 Å². The molecule has 16 nitrogen and oxygen atoms in total. The minimum atomic E-state index is -0.280. The van der Waals surface area contributed by atoms with E-state index in [4.69, 9.17) is 56.8 Å². The molecule has 0 saturated carbocycles. The highest BCUT2D eigenvalue weighted by Crippen LogP contribution is 2.22. The zero-order valence-corrected chi connectivity index (χ0v) is 40.7. The Kier molecular flexibility index (Phi) is 41.6. The molecule has 16 heteroatoms. The fraction of sp³-hybridized carbons (Fsp3) is 0.820. The smallest absolute Gasteiger partial charge is 0.305 e. The van der Waals surface area contributed by atoms with E-state index in [0.29, 0.717) is 156 Å². The van der Waals surface area contributed by atoms with E-state index in [1.807, 2.05) is 0 Å². The van der Waals surface area contributed by atoms with Crippen LogP contribution < -0.4 is 0 Å². The number of carbonyl (C=O) groups is 3. The number of unbranched alkanes of at least 4 members (excludes halogenated alkanes) is 14. The van der Waals surface area contributed by atoms with Gasteiger partial charge in [-0.3, -0.25) is 19.3 Å². The Morgan fingerprint density at radius 2 is 0.621 bits per heavy atom. The maximum atomic E-state index is 12.3. The molecule has 0 fully saturated rings. The van der Waals surface area contributed by atoms with Gasteiger partial charge in [0.25, 0.3) is 11.8 Å². The molecule has 0 aromatic heterocycles. The molecule has 66 heavy (non-hydrogen) atoms. The van der Waals surface area contributed by atoms with Gasteiger partial charge in [0.15, 0.2) is 0 Å². The van der Waals surface area contributed by atoms with Crippen molar-refractivity contribution in [2.45, 2.75) is 110 Å². The summed E-state index contributed by atoms with van der Waals surface area (Å²) < 4.78 is 65.8. The second kappa shape index (κ2) is 46.1. The zero-order chi connectivity index (χ0) is 47.1. The molecule has 0 aliphatic carbocycles. The van der Waals surface area contributed by atoms with Gasteiger partial charge < -0.3 is 56.8 Å². The van der Waals surface area contributed by atoms with Gasteiger partial charge in [0.1, 0.15) is 6.61 Å². The number of hydrogen-bond acceptors (Lipinski definition) is 15. The number of rotatable bonds is 52. The van der Waals surface area contributed by atoms with Crippen LogP contribution in [0.3, 0.4) is 0 Å². The molecule has 0 atom stereocenters. The van der Waals surface area contributed by atoms with Crippen LogP contribution in [0.4, 0.5) is 0 Å². The Labute approximate surface area is 396 Å². The average Bonchev–Trinajstić information content (AvgIpc) is 3.57. The molecule has 0 saturated heterocycles. The number of ether oxygens (including phenoxy) is 12. The molecule has 0 radical (unpaired) electrons. The number of amides is 2. The van der Waals surface area contributed by atoms with E-state index in [1.54, 1.807) is 24.3 Å². The predicted molar refractivity (Wildman–Crippen MR) is 251 cm³/mol. The van der Waals surface area contributed by atoms with Gasteiger partial charge in [-0.05, 0) is 18.6 Å². The Balaban J connectivity index is 1.14. The highest BCUT2D eigenvalue weighted by Gasteiger charge is 2.34. The summed E-state index contributed by atoms with van der Waals surface area (Å²) in [5.41, 5.74) is 0.879. The Morgan fingerprint density at radius 1 is 0.364 bits per heavy atom. The van der Waals surface area contributed by atoms with Crippen LogP contribution in [0, 0.1) is 0 Å². The van der Waals surface area contributed by atoms with Gasteiger partial charge in [-0.2, -0.15) is 0 Å². The number of imide groups is 1. The third-order valence-electron chi connectivity index (χ3n) is 10.5. The molecule has 0 N–H and O–H groups in total. The van der Waals surface area contributed by atoms with Gasteiger partial charge in [-0.15, -0.1) is 0 Å². The van der Waals surface area contributed by atoms with Gasteiger partial charge in [0, 0.05) is 6.42 Å². The SMILES string of the molecule is CCCCCCCCCCCCCCCCCC(=O)OCCOCCOCCOCCOCCOCCOCCOCCOCCOCCOCCOCCN1C(=O)c2ccccc2C1=O. The number of esters is 1. The highest BCUT2D eigenvalue weighted by molar-refractivity contribution is 6.21. The molecule has 1 aromatic carbocycles. The lowest BCUT2D eigenvalue weighted by atomic mass is 10.0. The van der Waals surface area contributed by atoms with Crippen molar-refractivity contribution < 1.29 is 71.2 Å². The minimum Gasteiger partial charge on any atom is -0.463 e. The standard InChI is InChI=1S/C50H87NO15/c1-2-3-4-5-6-7-8-9-10-11-12-13-14-15-16-21-48(52)66-45-44-65-43-42-64-41-40-63-39-38-62-37-36-61-35-34-60-33-32-59-31-30-58-29-28-57-27-26-56-25-24-55-23-22-51-49(53)46-19-17-18-20-47(46)50(51)54/h17-20H,2-16,21-45H2,1H3. The number of fused-ring (bicyclic) bond motifs is 1. The maximum Gasteiger partial charge on any atom is 0.305 e. The van der Waals surface area contributed by atoms with Gasteiger partial charge in [-0.25, -0.2) is 0 Å². The maximum absolute atomic E-state index is 12.3. The topological polar surface area (TPSA) is 165 Å². The van der Waals surface area contributed by atoms with Crippen molar-refractivity contribution in [2.75, 3.05) is 159 Å². The fourth-order valence-electron chi connectivity index (χ4n) is 6.83. The Morgan fingerprint density at radius 3 is 0.924 bits per heavy atom. The van der Waals surface area contributed by atoms with Crippen molar-refractivity contribution in [3.63, 3.8) is 0 Å². The molecule has 2 rings (SSSR count). The summed E-state index contributed by atoms with van der Waals surface area (Å²) in [5.74, 6) is -0.697. The first kappa shape index (κ1) is 59.5. The van der Waals surface area contributed by atoms with Gasteiger partial charge in [0.05, 0.1) is 163 Å². The second-order valence-corrected chi connectivity index (χ2v) is 16.0. The van der Waals surface area contributed by atoms with Crippen LogP contribution in [0.15, 0.2) is 24.3 Å². The molecule has 1 aliphatic heterocycles. The van der Waals surface area contributed by atoms with E-state index in [2.05, 4.69) is 6.92 Å². The summed E-state index contributed by atoms with van der Waals surface area (Å²) in [5, 5.41) is 0. The van der Waals surface area contributed by atoms with Gasteiger partial charge >= 0.3 is 5.97 Å². The molecule has 2 amide bonds. The Bertz CT molecular complexity index is 1240. The summed E-state index contributed by atoms with van der Waals surface area (Å²) >= 11 is 0. The number of hydrogen-bond donors (Lipinski definition) is 0.